The van der Waals surface area contributed by atoms with E-state index in [9.17, 15) is 18.5 Å². The average molecular weight is 387 g/mol. The molecule has 9 nitrogen and oxygen atoms in total. The first-order valence-electron chi connectivity index (χ1n) is 8.05. The zero-order valence-corrected chi connectivity index (χ0v) is 15.3. The maximum Gasteiger partial charge on any atom is 0.272 e. The van der Waals surface area contributed by atoms with E-state index in [1.165, 1.54) is 23.0 Å². The van der Waals surface area contributed by atoms with Gasteiger partial charge in [-0.2, -0.15) is 9.78 Å². The molecule has 0 atom stereocenters. The van der Waals surface area contributed by atoms with Gasteiger partial charge in [-0.05, 0) is 31.0 Å². The van der Waals surface area contributed by atoms with Crippen molar-refractivity contribution in [2.75, 3.05) is 10.5 Å². The number of pyridine rings is 1. The Hall–Kier alpha value is -3.27. The van der Waals surface area contributed by atoms with E-state index < -0.39 is 14.9 Å². The van der Waals surface area contributed by atoms with E-state index >= 15 is 0 Å². The van der Waals surface area contributed by atoms with Crippen LogP contribution in [0.5, 0.6) is 0 Å². The molecule has 1 aromatic carbocycles. The SMILES string of the molecule is Cc1ccnc(-n2nccc2NS(=O)(=O)CCc2ccccc2[N+](=O)[O-])c1. The lowest BCUT2D eigenvalue weighted by Gasteiger charge is -2.10. The lowest BCUT2D eigenvalue weighted by molar-refractivity contribution is -0.385. The number of nitrogens with one attached hydrogen (secondary N) is 1. The summed E-state index contributed by atoms with van der Waals surface area (Å²) < 4.78 is 28.8. The zero-order valence-electron chi connectivity index (χ0n) is 14.4. The molecule has 0 spiro atoms. The molecule has 0 radical (unpaired) electrons. The summed E-state index contributed by atoms with van der Waals surface area (Å²) in [6.07, 6.45) is 3.09. The molecule has 0 amide bonds. The van der Waals surface area contributed by atoms with Crippen LogP contribution in [0.25, 0.3) is 5.82 Å². The van der Waals surface area contributed by atoms with Crippen LogP contribution in [0.1, 0.15) is 11.1 Å². The minimum absolute atomic E-state index is 0.0172. The number of aromatic nitrogens is 3. The number of nitrogens with zero attached hydrogens (tertiary/aromatic N) is 4. The first-order chi connectivity index (χ1) is 12.9. The first kappa shape index (κ1) is 18.5. The lowest BCUT2D eigenvalue weighted by Crippen LogP contribution is -2.20. The summed E-state index contributed by atoms with van der Waals surface area (Å²) in [6, 6.07) is 11.2. The van der Waals surface area contributed by atoms with Gasteiger partial charge in [0, 0.05) is 23.9 Å². The van der Waals surface area contributed by atoms with Crippen molar-refractivity contribution in [1.29, 1.82) is 0 Å². The van der Waals surface area contributed by atoms with Gasteiger partial charge in [0.25, 0.3) is 5.69 Å². The number of nitro benzene ring substituents is 1. The van der Waals surface area contributed by atoms with Crippen LogP contribution in [-0.4, -0.2) is 33.9 Å². The Kier molecular flexibility index (Phi) is 5.17. The molecule has 0 aliphatic carbocycles. The molecule has 0 saturated carbocycles. The fourth-order valence-electron chi connectivity index (χ4n) is 2.55. The summed E-state index contributed by atoms with van der Waals surface area (Å²) in [5, 5.41) is 15.2. The van der Waals surface area contributed by atoms with Crippen LogP contribution in [0.4, 0.5) is 11.5 Å². The normalized spacial score (nSPS) is 11.3. The molecule has 0 bridgehead atoms. The highest BCUT2D eigenvalue weighted by molar-refractivity contribution is 7.92. The van der Waals surface area contributed by atoms with E-state index in [4.69, 9.17) is 0 Å². The van der Waals surface area contributed by atoms with Crippen LogP contribution in [0.2, 0.25) is 0 Å². The predicted molar refractivity (Wildman–Crippen MR) is 100 cm³/mol. The molecule has 3 rings (SSSR count). The molecule has 2 heterocycles. The Morgan fingerprint density at radius 1 is 1.19 bits per heavy atom. The van der Waals surface area contributed by atoms with Gasteiger partial charge in [-0.3, -0.25) is 14.8 Å². The highest BCUT2D eigenvalue weighted by Crippen LogP contribution is 2.20. The van der Waals surface area contributed by atoms with Crippen molar-refractivity contribution in [2.45, 2.75) is 13.3 Å². The Balaban J connectivity index is 1.77. The molecular weight excluding hydrogens is 370 g/mol. The van der Waals surface area contributed by atoms with Crippen molar-refractivity contribution in [2.24, 2.45) is 0 Å². The third kappa shape index (κ3) is 4.47. The number of hydrogen-bond acceptors (Lipinski definition) is 6. The maximum atomic E-state index is 12.5. The molecule has 0 saturated heterocycles. The van der Waals surface area contributed by atoms with Gasteiger partial charge in [-0.25, -0.2) is 13.4 Å². The second-order valence-corrected chi connectivity index (χ2v) is 7.72. The van der Waals surface area contributed by atoms with Gasteiger partial charge >= 0.3 is 0 Å². The van der Waals surface area contributed by atoms with Crippen molar-refractivity contribution in [3.05, 3.63) is 76.1 Å². The van der Waals surface area contributed by atoms with E-state index in [0.717, 1.165) is 5.56 Å². The van der Waals surface area contributed by atoms with E-state index in [1.807, 2.05) is 13.0 Å². The Labute approximate surface area is 155 Å². The van der Waals surface area contributed by atoms with Crippen molar-refractivity contribution in [3.8, 4) is 5.82 Å². The van der Waals surface area contributed by atoms with Crippen LogP contribution >= 0.6 is 0 Å². The standard InChI is InChI=1S/C17H17N5O4S/c1-13-6-9-18-17(12-13)21-16(7-10-19-21)20-27(25,26)11-8-14-4-2-3-5-15(14)22(23)24/h2-7,9-10,12,20H,8,11H2,1H3. The van der Waals surface area contributed by atoms with Crippen LogP contribution in [0.3, 0.4) is 0 Å². The minimum Gasteiger partial charge on any atom is -0.267 e. The van der Waals surface area contributed by atoms with E-state index in [-0.39, 0.29) is 23.7 Å². The maximum absolute atomic E-state index is 12.5. The number of para-hydroxylation sites is 1. The highest BCUT2D eigenvalue weighted by Gasteiger charge is 2.18. The summed E-state index contributed by atoms with van der Waals surface area (Å²) in [5.41, 5.74) is 1.23. The molecular formula is C17H17N5O4S. The minimum atomic E-state index is -3.75. The first-order valence-corrected chi connectivity index (χ1v) is 9.71. The molecule has 27 heavy (non-hydrogen) atoms. The third-order valence-corrected chi connectivity index (χ3v) is 5.11. The number of sulfonamides is 1. The molecule has 2 aromatic heterocycles. The quantitative estimate of drug-likeness (QED) is 0.491. The molecule has 140 valence electrons. The Morgan fingerprint density at radius 3 is 2.70 bits per heavy atom. The summed E-state index contributed by atoms with van der Waals surface area (Å²) in [5.74, 6) is 0.427. The lowest BCUT2D eigenvalue weighted by atomic mass is 10.1. The summed E-state index contributed by atoms with van der Waals surface area (Å²) in [4.78, 5) is 14.7. The molecule has 0 aliphatic heterocycles. The number of benzene rings is 1. The smallest absolute Gasteiger partial charge is 0.267 e. The Morgan fingerprint density at radius 2 is 1.96 bits per heavy atom. The van der Waals surface area contributed by atoms with Crippen LogP contribution in [0, 0.1) is 17.0 Å². The largest absolute Gasteiger partial charge is 0.272 e. The van der Waals surface area contributed by atoms with Crippen LogP contribution < -0.4 is 4.72 Å². The monoisotopic (exact) mass is 387 g/mol. The van der Waals surface area contributed by atoms with Gasteiger partial charge in [0.15, 0.2) is 5.82 Å². The second kappa shape index (κ2) is 7.54. The van der Waals surface area contributed by atoms with E-state index in [2.05, 4.69) is 14.8 Å². The number of hydrogen-bond donors (Lipinski definition) is 1. The average Bonchev–Trinajstić information content (AvgIpc) is 3.07. The van der Waals surface area contributed by atoms with Gasteiger partial charge < -0.3 is 0 Å². The van der Waals surface area contributed by atoms with Gasteiger partial charge in [0.2, 0.25) is 10.0 Å². The number of nitro groups is 1. The summed E-state index contributed by atoms with van der Waals surface area (Å²) >= 11 is 0. The molecule has 0 aliphatic rings. The van der Waals surface area contributed by atoms with Crippen LogP contribution in [-0.2, 0) is 16.4 Å². The number of anilines is 1. The highest BCUT2D eigenvalue weighted by atomic mass is 32.2. The topological polar surface area (TPSA) is 120 Å². The molecule has 1 N–H and O–H groups in total. The van der Waals surface area contributed by atoms with Crippen molar-refractivity contribution >= 4 is 21.5 Å². The summed E-state index contributed by atoms with van der Waals surface area (Å²) in [6.45, 7) is 1.89. The van der Waals surface area contributed by atoms with Crippen molar-refractivity contribution in [1.82, 2.24) is 14.8 Å². The van der Waals surface area contributed by atoms with Crippen LogP contribution in [0.15, 0.2) is 54.9 Å². The second-order valence-electron chi connectivity index (χ2n) is 5.88. The number of rotatable bonds is 7. The Bertz CT molecular complexity index is 1080. The van der Waals surface area contributed by atoms with E-state index in [1.54, 1.807) is 30.5 Å². The predicted octanol–water partition coefficient (Wildman–Crippen LogP) is 2.47. The summed E-state index contributed by atoms with van der Waals surface area (Å²) in [7, 11) is -3.75. The third-order valence-electron chi connectivity index (χ3n) is 3.85. The fourth-order valence-corrected chi connectivity index (χ4v) is 3.62. The van der Waals surface area contributed by atoms with Gasteiger partial charge in [0.05, 0.1) is 16.9 Å². The molecule has 0 unspecified atom stereocenters. The van der Waals surface area contributed by atoms with Gasteiger partial charge in [-0.15, -0.1) is 0 Å². The van der Waals surface area contributed by atoms with E-state index in [0.29, 0.717) is 11.4 Å². The molecule has 10 heteroatoms. The fraction of sp³-hybridized carbons (Fsp3) is 0.176. The molecule has 3 aromatic rings. The van der Waals surface area contributed by atoms with Gasteiger partial charge in [0.1, 0.15) is 5.82 Å². The van der Waals surface area contributed by atoms with Gasteiger partial charge in [-0.1, -0.05) is 18.2 Å². The number of aryl methyl sites for hydroxylation is 2. The van der Waals surface area contributed by atoms with Crippen molar-refractivity contribution in [3.63, 3.8) is 0 Å². The van der Waals surface area contributed by atoms with Crippen molar-refractivity contribution < 1.29 is 13.3 Å². The zero-order chi connectivity index (χ0) is 19.4. The molecule has 0 fully saturated rings.